The van der Waals surface area contributed by atoms with Crippen molar-refractivity contribution in [2.45, 2.75) is 11.8 Å². The number of hydrogen-bond donors (Lipinski definition) is 0. The highest BCUT2D eigenvalue weighted by Gasteiger charge is 2.06. The lowest BCUT2D eigenvalue weighted by Crippen LogP contribution is -2.01. The summed E-state index contributed by atoms with van der Waals surface area (Å²) in [5.41, 5.74) is 0. The van der Waals surface area contributed by atoms with Gasteiger partial charge in [0.15, 0.2) is 6.79 Å². The van der Waals surface area contributed by atoms with Gasteiger partial charge in [0.05, 0.1) is 0 Å². The molecule has 0 aliphatic rings. The minimum Gasteiger partial charge on any atom is -0.466 e. The van der Waals surface area contributed by atoms with Crippen LogP contribution < -0.4 is 4.74 Å². The second-order valence-corrected chi connectivity index (χ2v) is 4.48. The van der Waals surface area contributed by atoms with Gasteiger partial charge < -0.3 is 14.3 Å². The number of ether oxygens (including phenoxy) is 2. The van der Waals surface area contributed by atoms with Crippen LogP contribution >= 0.6 is 11.8 Å². The molecule has 0 N–H and O–H groups in total. The van der Waals surface area contributed by atoms with Crippen LogP contribution in [0.15, 0.2) is 29.2 Å². The van der Waals surface area contributed by atoms with E-state index in [0.717, 1.165) is 22.7 Å². The molecule has 0 spiro atoms. The van der Waals surface area contributed by atoms with E-state index < -0.39 is 0 Å². The highest BCUT2D eigenvalue weighted by atomic mass is 32.2. The average Bonchev–Trinajstić information content (AvgIpc) is 2.34. The highest BCUT2D eigenvalue weighted by molar-refractivity contribution is 7.99. The Balaban J connectivity index is 2.59. The lowest BCUT2D eigenvalue weighted by Gasteiger charge is -2.10. The first kappa shape index (κ1) is 13.1. The van der Waals surface area contributed by atoms with E-state index in [1.807, 2.05) is 31.2 Å². The van der Waals surface area contributed by atoms with Gasteiger partial charge in [0.25, 0.3) is 0 Å². The molecule has 0 unspecified atom stereocenters. The van der Waals surface area contributed by atoms with Crippen LogP contribution in [0.3, 0.4) is 0 Å². The van der Waals surface area contributed by atoms with Crippen molar-refractivity contribution in [3.8, 4) is 5.75 Å². The Morgan fingerprint density at radius 1 is 1.44 bits per heavy atom. The van der Waals surface area contributed by atoms with Gasteiger partial charge in [-0.2, -0.15) is 0 Å². The monoisotopic (exact) mass is 240 g/mol. The number of rotatable bonds is 7. The summed E-state index contributed by atoms with van der Waals surface area (Å²) in [5.74, 6) is 1.62. The first-order chi connectivity index (χ1) is 7.77. The molecule has 0 heterocycles. The van der Waals surface area contributed by atoms with Crippen LogP contribution in [0.25, 0.3) is 0 Å². The molecule has 0 aliphatic carbocycles. The molecule has 1 atom stereocenters. The Labute approximate surface area is 100 Å². The van der Waals surface area contributed by atoms with Gasteiger partial charge in [0.2, 0.25) is 0 Å². The van der Waals surface area contributed by atoms with Gasteiger partial charge in [-0.1, -0.05) is 19.1 Å². The zero-order chi connectivity index (χ0) is 11.8. The molecule has 0 radical (unpaired) electrons. The Bertz CT molecular complexity index is 328. The smallest absolute Gasteiger partial charge is 0.188 e. The minimum absolute atomic E-state index is 0.0560. The van der Waals surface area contributed by atoms with Crippen LogP contribution in [0.4, 0.5) is 0 Å². The molecule has 0 aliphatic heterocycles. The molecule has 88 valence electrons. The minimum atomic E-state index is 0.0560. The fraction of sp³-hybridized carbons (Fsp3) is 0.417. The fourth-order valence-electron chi connectivity index (χ4n) is 1.07. The summed E-state index contributed by atoms with van der Waals surface area (Å²) < 4.78 is 10.3. The van der Waals surface area contributed by atoms with E-state index in [1.165, 1.54) is 0 Å². The first-order valence-electron chi connectivity index (χ1n) is 5.06. The van der Waals surface area contributed by atoms with E-state index in [4.69, 9.17) is 9.47 Å². The van der Waals surface area contributed by atoms with E-state index in [0.29, 0.717) is 0 Å². The van der Waals surface area contributed by atoms with Crippen molar-refractivity contribution in [2.75, 3.05) is 19.7 Å². The third-order valence-electron chi connectivity index (χ3n) is 1.92. The predicted octanol–water partition coefficient (Wildman–Crippen LogP) is 2.60. The largest absolute Gasteiger partial charge is 0.466 e. The third kappa shape index (κ3) is 4.24. The van der Waals surface area contributed by atoms with Crippen LogP contribution in [0, 0.1) is 5.92 Å². The van der Waals surface area contributed by atoms with Gasteiger partial charge in [0.1, 0.15) is 12.0 Å². The summed E-state index contributed by atoms with van der Waals surface area (Å²) in [4.78, 5) is 11.6. The molecule has 3 nitrogen and oxygen atoms in total. The van der Waals surface area contributed by atoms with Crippen LogP contribution in [-0.4, -0.2) is 25.9 Å². The number of para-hydroxylation sites is 1. The molecule has 0 saturated carbocycles. The quantitative estimate of drug-likeness (QED) is 0.417. The van der Waals surface area contributed by atoms with Crippen molar-refractivity contribution in [1.29, 1.82) is 0 Å². The number of methoxy groups -OCH3 is 1. The molecule has 1 aromatic carbocycles. The van der Waals surface area contributed by atoms with Gasteiger partial charge in [0, 0.05) is 23.7 Å². The molecule has 0 fully saturated rings. The predicted molar refractivity (Wildman–Crippen MR) is 64.9 cm³/mol. The van der Waals surface area contributed by atoms with E-state index >= 15 is 0 Å². The first-order valence-corrected chi connectivity index (χ1v) is 6.05. The topological polar surface area (TPSA) is 35.5 Å². The molecule has 1 rings (SSSR count). The molecule has 0 aromatic heterocycles. The number of benzene rings is 1. The second kappa shape index (κ2) is 7.30. The molecular weight excluding hydrogens is 224 g/mol. The molecule has 4 heteroatoms. The van der Waals surface area contributed by atoms with Crippen molar-refractivity contribution >= 4 is 18.0 Å². The molecule has 0 amide bonds. The summed E-state index contributed by atoms with van der Waals surface area (Å²) in [7, 11) is 1.59. The number of hydrogen-bond acceptors (Lipinski definition) is 4. The molecule has 0 bridgehead atoms. The zero-order valence-corrected chi connectivity index (χ0v) is 10.3. The summed E-state index contributed by atoms with van der Waals surface area (Å²) in [6, 6.07) is 7.74. The highest BCUT2D eigenvalue weighted by Crippen LogP contribution is 2.29. The Kier molecular flexibility index (Phi) is 5.96. The maximum absolute atomic E-state index is 10.5. The van der Waals surface area contributed by atoms with Gasteiger partial charge in [-0.15, -0.1) is 11.8 Å². The van der Waals surface area contributed by atoms with Crippen molar-refractivity contribution in [1.82, 2.24) is 0 Å². The van der Waals surface area contributed by atoms with E-state index in [1.54, 1.807) is 18.9 Å². The third-order valence-corrected chi connectivity index (χ3v) is 3.26. The summed E-state index contributed by atoms with van der Waals surface area (Å²) in [6.45, 7) is 2.14. The molecule has 1 aromatic rings. The molecule has 0 saturated heterocycles. The number of carbonyl (C=O) groups is 1. The Morgan fingerprint density at radius 2 is 2.19 bits per heavy atom. The molecule has 16 heavy (non-hydrogen) atoms. The summed E-state index contributed by atoms with van der Waals surface area (Å²) >= 11 is 1.62. The number of thioether (sulfide) groups is 1. The van der Waals surface area contributed by atoms with E-state index in [9.17, 15) is 4.79 Å². The van der Waals surface area contributed by atoms with Gasteiger partial charge in [-0.3, -0.25) is 0 Å². The summed E-state index contributed by atoms with van der Waals surface area (Å²) in [6.07, 6.45) is 0.964. The maximum atomic E-state index is 10.5. The number of aldehydes is 1. The van der Waals surface area contributed by atoms with Crippen LogP contribution in [-0.2, 0) is 9.53 Å². The van der Waals surface area contributed by atoms with E-state index in [-0.39, 0.29) is 12.7 Å². The second-order valence-electron chi connectivity index (χ2n) is 3.42. The lowest BCUT2D eigenvalue weighted by atomic mass is 10.3. The SMILES string of the molecule is COCOc1ccccc1SC[C@@H](C)C=O. The van der Waals surface area contributed by atoms with Crippen molar-refractivity contribution in [3.05, 3.63) is 24.3 Å². The zero-order valence-electron chi connectivity index (χ0n) is 9.51. The van der Waals surface area contributed by atoms with Crippen molar-refractivity contribution in [2.24, 2.45) is 5.92 Å². The van der Waals surface area contributed by atoms with Crippen molar-refractivity contribution < 1.29 is 14.3 Å². The van der Waals surface area contributed by atoms with Gasteiger partial charge in [-0.05, 0) is 12.1 Å². The van der Waals surface area contributed by atoms with Gasteiger partial charge in [-0.25, -0.2) is 0 Å². The normalized spacial score (nSPS) is 12.1. The number of carbonyl (C=O) groups excluding carboxylic acids is 1. The fourth-order valence-corrected chi connectivity index (χ4v) is 2.04. The van der Waals surface area contributed by atoms with Crippen molar-refractivity contribution in [3.63, 3.8) is 0 Å². The summed E-state index contributed by atoms with van der Waals surface area (Å²) in [5, 5.41) is 0. The van der Waals surface area contributed by atoms with Gasteiger partial charge >= 0.3 is 0 Å². The average molecular weight is 240 g/mol. The van der Waals surface area contributed by atoms with E-state index in [2.05, 4.69) is 0 Å². The Morgan fingerprint density at radius 3 is 2.88 bits per heavy atom. The Hall–Kier alpha value is -1.00. The maximum Gasteiger partial charge on any atom is 0.188 e. The standard InChI is InChI=1S/C12H16O3S/c1-10(7-13)8-16-12-6-4-3-5-11(12)15-9-14-2/h3-7,10H,8-9H2,1-2H3/t10-/m0/s1. The van der Waals surface area contributed by atoms with Crippen LogP contribution in [0.5, 0.6) is 5.75 Å². The molecular formula is C12H16O3S. The van der Waals surface area contributed by atoms with Crippen LogP contribution in [0.2, 0.25) is 0 Å². The lowest BCUT2D eigenvalue weighted by molar-refractivity contribution is -0.110. The van der Waals surface area contributed by atoms with Crippen LogP contribution in [0.1, 0.15) is 6.92 Å².